The third-order valence-corrected chi connectivity index (χ3v) is 4.43. The molecule has 1 aliphatic heterocycles. The molecule has 1 amide bonds. The number of rotatable bonds is 5. The minimum atomic E-state index is -0.260. The van der Waals surface area contributed by atoms with Crippen molar-refractivity contribution in [1.29, 1.82) is 0 Å². The Morgan fingerprint density at radius 2 is 2.11 bits per heavy atom. The van der Waals surface area contributed by atoms with Gasteiger partial charge in [0.1, 0.15) is 6.10 Å². The molecule has 0 saturated carbocycles. The van der Waals surface area contributed by atoms with E-state index in [9.17, 15) is 4.79 Å². The fourth-order valence-corrected chi connectivity index (χ4v) is 2.99. The van der Waals surface area contributed by atoms with Gasteiger partial charge in [0.2, 0.25) is 11.7 Å². The number of nitrogens with zero attached hydrogens (tertiary/aromatic N) is 5. The largest absolute Gasteiger partial charge is 0.472 e. The van der Waals surface area contributed by atoms with E-state index in [1.54, 1.807) is 43.6 Å². The maximum Gasteiger partial charge on any atom is 0.251 e. The zero-order chi connectivity index (χ0) is 19.3. The molecule has 28 heavy (non-hydrogen) atoms. The maximum absolute atomic E-state index is 12.7. The van der Waals surface area contributed by atoms with Crippen molar-refractivity contribution in [3.63, 3.8) is 0 Å². The smallest absolute Gasteiger partial charge is 0.251 e. The van der Waals surface area contributed by atoms with Crippen molar-refractivity contribution in [2.45, 2.75) is 18.6 Å². The van der Waals surface area contributed by atoms with E-state index < -0.39 is 0 Å². The van der Waals surface area contributed by atoms with E-state index in [-0.39, 0.29) is 18.1 Å². The van der Waals surface area contributed by atoms with Crippen LogP contribution in [0.4, 0.5) is 0 Å². The lowest BCUT2D eigenvalue weighted by Crippen LogP contribution is -2.51. The fourth-order valence-electron chi connectivity index (χ4n) is 2.99. The van der Waals surface area contributed by atoms with Gasteiger partial charge in [0.05, 0.1) is 26.3 Å². The normalized spacial score (nSPS) is 19.2. The monoisotopic (exact) mass is 380 g/mol. The van der Waals surface area contributed by atoms with Crippen molar-refractivity contribution in [3.05, 3.63) is 54.2 Å². The van der Waals surface area contributed by atoms with Gasteiger partial charge >= 0.3 is 0 Å². The highest BCUT2D eigenvalue weighted by Gasteiger charge is 2.29. The Morgan fingerprint density at radius 3 is 2.82 bits per heavy atom. The summed E-state index contributed by atoms with van der Waals surface area (Å²) in [7, 11) is 1.70. The van der Waals surface area contributed by atoms with Gasteiger partial charge in [0, 0.05) is 29.8 Å². The molecule has 0 aliphatic carbocycles. The first kappa shape index (κ1) is 18.1. The molecule has 0 spiro atoms. The Balaban J connectivity index is 1.42. The lowest BCUT2D eigenvalue weighted by Gasteiger charge is -2.32. The predicted molar refractivity (Wildman–Crippen MR) is 99.6 cm³/mol. The van der Waals surface area contributed by atoms with Crippen LogP contribution in [-0.4, -0.2) is 56.5 Å². The summed E-state index contributed by atoms with van der Waals surface area (Å²) < 4.78 is 11.5. The van der Waals surface area contributed by atoms with Crippen LogP contribution < -0.4 is 10.1 Å². The third kappa shape index (κ3) is 4.15. The molecule has 3 aromatic rings. The van der Waals surface area contributed by atoms with E-state index >= 15 is 0 Å². The Morgan fingerprint density at radius 1 is 1.25 bits per heavy atom. The molecule has 1 aromatic carbocycles. The van der Waals surface area contributed by atoms with E-state index in [1.165, 1.54) is 4.80 Å². The Kier molecular flexibility index (Phi) is 5.24. The minimum Gasteiger partial charge on any atom is -0.472 e. The van der Waals surface area contributed by atoms with Gasteiger partial charge in [-0.25, -0.2) is 4.98 Å². The fraction of sp³-hybridized carbons (Fsp3) is 0.316. The van der Waals surface area contributed by atoms with Crippen LogP contribution >= 0.6 is 0 Å². The Hall–Kier alpha value is -3.33. The first-order valence-electron chi connectivity index (χ1n) is 9.00. The van der Waals surface area contributed by atoms with Crippen molar-refractivity contribution in [2.75, 3.05) is 13.2 Å². The van der Waals surface area contributed by atoms with E-state index in [1.807, 2.05) is 12.1 Å². The van der Waals surface area contributed by atoms with Crippen molar-refractivity contribution in [1.82, 2.24) is 30.5 Å². The second-order valence-electron chi connectivity index (χ2n) is 6.45. The molecule has 3 heterocycles. The summed E-state index contributed by atoms with van der Waals surface area (Å²) in [5.41, 5.74) is 1.33. The van der Waals surface area contributed by atoms with Gasteiger partial charge in [-0.1, -0.05) is 18.2 Å². The molecule has 144 valence electrons. The molecular formula is C19H20N6O3. The minimum absolute atomic E-state index is 0.191. The average Bonchev–Trinajstić information content (AvgIpc) is 3.17. The van der Waals surface area contributed by atoms with Gasteiger partial charge < -0.3 is 14.8 Å². The average molecular weight is 380 g/mol. The van der Waals surface area contributed by atoms with Crippen LogP contribution in [0.25, 0.3) is 11.4 Å². The number of ether oxygens (including phenoxy) is 2. The number of aryl methyl sites for hydroxylation is 1. The van der Waals surface area contributed by atoms with Gasteiger partial charge in [-0.15, -0.1) is 10.2 Å². The molecule has 2 atom stereocenters. The number of carbonyl (C=O) groups excluding carboxylic acids is 1. The number of amides is 1. The molecule has 1 saturated heterocycles. The number of hydrogen-bond donors (Lipinski definition) is 1. The highest BCUT2D eigenvalue weighted by atomic mass is 16.5. The molecule has 0 unspecified atom stereocenters. The summed E-state index contributed by atoms with van der Waals surface area (Å²) in [6, 6.07) is 12.3. The molecule has 9 heteroatoms. The molecule has 9 nitrogen and oxygen atoms in total. The van der Waals surface area contributed by atoms with Gasteiger partial charge in [-0.2, -0.15) is 4.80 Å². The number of tetrazole rings is 1. The van der Waals surface area contributed by atoms with Crippen LogP contribution in [0.5, 0.6) is 5.88 Å². The van der Waals surface area contributed by atoms with Crippen molar-refractivity contribution in [3.8, 4) is 17.3 Å². The van der Waals surface area contributed by atoms with E-state index in [0.29, 0.717) is 36.9 Å². The Bertz CT molecular complexity index is 928. The summed E-state index contributed by atoms with van der Waals surface area (Å²) in [5.74, 6) is 0.859. The van der Waals surface area contributed by atoms with E-state index in [2.05, 4.69) is 25.7 Å². The van der Waals surface area contributed by atoms with Crippen LogP contribution in [0.1, 0.15) is 16.8 Å². The highest BCUT2D eigenvalue weighted by molar-refractivity contribution is 5.94. The number of hydrogen-bond acceptors (Lipinski definition) is 7. The summed E-state index contributed by atoms with van der Waals surface area (Å²) in [6.07, 6.45) is 2.16. The van der Waals surface area contributed by atoms with Gasteiger partial charge in [0.25, 0.3) is 5.91 Å². The summed E-state index contributed by atoms with van der Waals surface area (Å²) in [5, 5.41) is 14.9. The SMILES string of the molecule is Cn1nnc(-c2ccc(C(=O)N[C@@H]3COCC[C@H]3Oc3ccccn3)cc2)n1. The molecule has 4 rings (SSSR count). The van der Waals surface area contributed by atoms with Crippen LogP contribution in [0.3, 0.4) is 0 Å². The number of pyridine rings is 1. The molecular weight excluding hydrogens is 360 g/mol. The molecule has 1 fully saturated rings. The quantitative estimate of drug-likeness (QED) is 0.710. The van der Waals surface area contributed by atoms with E-state index in [4.69, 9.17) is 9.47 Å². The van der Waals surface area contributed by atoms with Gasteiger partial charge in [-0.05, 0) is 23.4 Å². The lowest BCUT2D eigenvalue weighted by molar-refractivity contribution is -0.00448. The first-order chi connectivity index (χ1) is 13.7. The predicted octanol–water partition coefficient (Wildman–Crippen LogP) is 1.24. The number of nitrogens with one attached hydrogen (secondary N) is 1. The number of benzene rings is 1. The van der Waals surface area contributed by atoms with Crippen LogP contribution in [0.15, 0.2) is 48.7 Å². The first-order valence-corrected chi connectivity index (χ1v) is 9.00. The topological polar surface area (TPSA) is 104 Å². The zero-order valence-corrected chi connectivity index (χ0v) is 15.4. The van der Waals surface area contributed by atoms with E-state index in [0.717, 1.165) is 5.56 Å². The second kappa shape index (κ2) is 8.13. The van der Waals surface area contributed by atoms with Crippen LogP contribution in [0, 0.1) is 0 Å². The van der Waals surface area contributed by atoms with Crippen molar-refractivity contribution in [2.24, 2.45) is 7.05 Å². The highest BCUT2D eigenvalue weighted by Crippen LogP contribution is 2.18. The maximum atomic E-state index is 12.7. The summed E-state index contributed by atoms with van der Waals surface area (Å²) in [4.78, 5) is 18.3. The Labute approximate surface area is 161 Å². The van der Waals surface area contributed by atoms with Crippen molar-refractivity contribution < 1.29 is 14.3 Å². The summed E-state index contributed by atoms with van der Waals surface area (Å²) in [6.45, 7) is 0.981. The standard InChI is InChI=1S/C19H20N6O3/c1-25-23-18(22-24-25)13-5-7-14(8-6-13)19(26)21-15-12-27-11-9-16(15)28-17-4-2-3-10-20-17/h2-8,10,15-16H,9,11-12H2,1H3,(H,21,26)/t15-,16-/m1/s1. The molecule has 0 radical (unpaired) electrons. The van der Waals surface area contributed by atoms with Gasteiger partial charge in [0.15, 0.2) is 0 Å². The zero-order valence-electron chi connectivity index (χ0n) is 15.4. The van der Waals surface area contributed by atoms with Crippen molar-refractivity contribution >= 4 is 5.91 Å². The molecule has 1 N–H and O–H groups in total. The van der Waals surface area contributed by atoms with Crippen LogP contribution in [0.2, 0.25) is 0 Å². The van der Waals surface area contributed by atoms with Gasteiger partial charge in [-0.3, -0.25) is 4.79 Å². The molecule has 2 aromatic heterocycles. The molecule has 1 aliphatic rings. The number of aromatic nitrogens is 5. The lowest BCUT2D eigenvalue weighted by atomic mass is 10.1. The third-order valence-electron chi connectivity index (χ3n) is 4.43. The number of carbonyl (C=O) groups is 1. The molecule has 0 bridgehead atoms. The summed E-state index contributed by atoms with van der Waals surface area (Å²) >= 11 is 0. The second-order valence-corrected chi connectivity index (χ2v) is 6.45. The van der Waals surface area contributed by atoms with Crippen LogP contribution in [-0.2, 0) is 11.8 Å².